The lowest BCUT2D eigenvalue weighted by Gasteiger charge is -2.01. The molecule has 0 atom stereocenters. The highest BCUT2D eigenvalue weighted by Gasteiger charge is 2.03. The van der Waals surface area contributed by atoms with Gasteiger partial charge in [-0.2, -0.15) is 4.80 Å². The fraction of sp³-hybridized carbons (Fsp3) is 0.273. The van der Waals surface area contributed by atoms with Crippen LogP contribution in [0.1, 0.15) is 28.7 Å². The molecule has 0 radical (unpaired) electrons. The van der Waals surface area contributed by atoms with Crippen molar-refractivity contribution in [1.29, 1.82) is 0 Å². The molecule has 5 nitrogen and oxygen atoms in total. The molecule has 0 saturated carbocycles. The van der Waals surface area contributed by atoms with E-state index in [4.69, 9.17) is 0 Å². The van der Waals surface area contributed by atoms with Gasteiger partial charge in [0.2, 0.25) is 0 Å². The molecule has 1 aromatic heterocycles. The van der Waals surface area contributed by atoms with Gasteiger partial charge in [0.15, 0.2) is 11.6 Å². The highest BCUT2D eigenvalue weighted by atomic mass is 16.1. The summed E-state index contributed by atoms with van der Waals surface area (Å²) in [4.78, 5) is 12.7. The highest BCUT2D eigenvalue weighted by molar-refractivity contribution is 5.94. The summed E-state index contributed by atoms with van der Waals surface area (Å²) in [6.07, 6.45) is 0. The molecule has 1 heterocycles. The second-order valence-electron chi connectivity index (χ2n) is 3.62. The van der Waals surface area contributed by atoms with E-state index in [-0.39, 0.29) is 5.78 Å². The minimum atomic E-state index is 0.0598. The zero-order valence-corrected chi connectivity index (χ0v) is 9.21. The molecule has 82 valence electrons. The Hall–Kier alpha value is -2.04. The van der Waals surface area contributed by atoms with Crippen LogP contribution in [0.3, 0.4) is 0 Å². The average molecular weight is 216 g/mol. The molecule has 0 saturated heterocycles. The Morgan fingerprint density at radius 1 is 1.44 bits per heavy atom. The number of aryl methyl sites for hydroxylation is 1. The van der Waals surface area contributed by atoms with E-state index in [1.54, 1.807) is 19.9 Å². The maximum Gasteiger partial charge on any atom is 0.171 e. The fourth-order valence-electron chi connectivity index (χ4n) is 1.44. The van der Waals surface area contributed by atoms with Crippen LogP contribution in [0.15, 0.2) is 24.3 Å². The van der Waals surface area contributed by atoms with Crippen LogP contribution >= 0.6 is 0 Å². The van der Waals surface area contributed by atoms with Crippen LogP contribution in [-0.4, -0.2) is 26.0 Å². The molecule has 0 amide bonds. The number of nitrogens with zero attached hydrogens (tertiary/aromatic N) is 4. The molecule has 2 rings (SSSR count). The fourth-order valence-corrected chi connectivity index (χ4v) is 1.44. The maximum atomic E-state index is 11.2. The molecule has 5 heteroatoms. The van der Waals surface area contributed by atoms with Crippen LogP contribution in [0.5, 0.6) is 0 Å². The summed E-state index contributed by atoms with van der Waals surface area (Å²) in [6.45, 7) is 3.87. The quantitative estimate of drug-likeness (QED) is 0.724. The molecule has 0 N–H and O–H groups in total. The SMILES string of the molecule is CC(=O)c1cccc(Cn2nnc(C)n2)c1. The lowest BCUT2D eigenvalue weighted by Crippen LogP contribution is -2.05. The Labute approximate surface area is 93.1 Å². The molecule has 0 fully saturated rings. The monoisotopic (exact) mass is 216 g/mol. The number of rotatable bonds is 3. The summed E-state index contributed by atoms with van der Waals surface area (Å²) in [6, 6.07) is 7.44. The molecule has 2 aromatic rings. The Bertz CT molecular complexity index is 518. The van der Waals surface area contributed by atoms with Crippen molar-refractivity contribution >= 4 is 5.78 Å². The van der Waals surface area contributed by atoms with Crippen molar-refractivity contribution in [1.82, 2.24) is 20.2 Å². The van der Waals surface area contributed by atoms with E-state index in [0.717, 1.165) is 5.56 Å². The number of aromatic nitrogens is 4. The third kappa shape index (κ3) is 2.31. The third-order valence-electron chi connectivity index (χ3n) is 2.21. The van der Waals surface area contributed by atoms with Gasteiger partial charge >= 0.3 is 0 Å². The van der Waals surface area contributed by atoms with Crippen molar-refractivity contribution in [3.63, 3.8) is 0 Å². The number of hydrogen-bond acceptors (Lipinski definition) is 4. The van der Waals surface area contributed by atoms with Crippen molar-refractivity contribution in [2.75, 3.05) is 0 Å². The van der Waals surface area contributed by atoms with Crippen LogP contribution in [-0.2, 0) is 6.54 Å². The molecular formula is C11H12N4O. The first-order valence-electron chi connectivity index (χ1n) is 4.99. The number of benzene rings is 1. The van der Waals surface area contributed by atoms with Crippen molar-refractivity contribution in [2.24, 2.45) is 0 Å². The summed E-state index contributed by atoms with van der Waals surface area (Å²) in [5.41, 5.74) is 1.69. The standard InChI is InChI=1S/C11H12N4O/c1-8(16)11-5-3-4-10(6-11)7-15-13-9(2)12-14-15/h3-6H,7H2,1-2H3. The zero-order chi connectivity index (χ0) is 11.5. The van der Waals surface area contributed by atoms with Gasteiger partial charge in [0.05, 0.1) is 6.54 Å². The number of ketones is 1. The van der Waals surface area contributed by atoms with Crippen molar-refractivity contribution in [3.05, 3.63) is 41.2 Å². The largest absolute Gasteiger partial charge is 0.295 e. The van der Waals surface area contributed by atoms with Crippen LogP contribution in [0.25, 0.3) is 0 Å². The van der Waals surface area contributed by atoms with Crippen LogP contribution in [0.2, 0.25) is 0 Å². The number of hydrogen-bond donors (Lipinski definition) is 0. The van der Waals surface area contributed by atoms with E-state index >= 15 is 0 Å². The van der Waals surface area contributed by atoms with E-state index in [2.05, 4.69) is 15.4 Å². The van der Waals surface area contributed by atoms with Crippen LogP contribution in [0, 0.1) is 6.92 Å². The van der Waals surface area contributed by atoms with Gasteiger partial charge in [-0.05, 0) is 30.7 Å². The summed E-state index contributed by atoms with van der Waals surface area (Å²) >= 11 is 0. The molecule has 0 aliphatic heterocycles. The van der Waals surface area contributed by atoms with E-state index in [0.29, 0.717) is 17.9 Å². The molecule has 16 heavy (non-hydrogen) atoms. The Kier molecular flexibility index (Phi) is 2.76. The molecule has 0 bridgehead atoms. The van der Waals surface area contributed by atoms with Gasteiger partial charge in [-0.25, -0.2) is 0 Å². The first kappa shape index (κ1) is 10.5. The maximum absolute atomic E-state index is 11.2. The van der Waals surface area contributed by atoms with E-state index < -0.39 is 0 Å². The predicted octanol–water partition coefficient (Wildman–Crippen LogP) is 1.23. The highest BCUT2D eigenvalue weighted by Crippen LogP contribution is 2.06. The number of Topliss-reactive ketones (excluding diaryl/α,β-unsaturated/α-hetero) is 1. The summed E-state index contributed by atoms with van der Waals surface area (Å²) in [7, 11) is 0. The molecule has 0 spiro atoms. The first-order chi connectivity index (χ1) is 7.65. The molecule has 0 aliphatic carbocycles. The smallest absolute Gasteiger partial charge is 0.171 e. The second-order valence-corrected chi connectivity index (χ2v) is 3.62. The summed E-state index contributed by atoms with van der Waals surface area (Å²) in [5.74, 6) is 0.701. The lowest BCUT2D eigenvalue weighted by atomic mass is 10.1. The van der Waals surface area contributed by atoms with Gasteiger partial charge < -0.3 is 0 Å². The van der Waals surface area contributed by atoms with Gasteiger partial charge in [0.1, 0.15) is 0 Å². The molecule has 1 aromatic carbocycles. The van der Waals surface area contributed by atoms with Gasteiger partial charge in [0.25, 0.3) is 0 Å². The first-order valence-corrected chi connectivity index (χ1v) is 4.99. The second kappa shape index (κ2) is 4.22. The van der Waals surface area contributed by atoms with Crippen LogP contribution in [0.4, 0.5) is 0 Å². The summed E-state index contributed by atoms with van der Waals surface area (Å²) < 4.78 is 0. The van der Waals surface area contributed by atoms with E-state index in [9.17, 15) is 4.79 Å². The molecule has 0 aliphatic rings. The number of carbonyl (C=O) groups is 1. The number of carbonyl (C=O) groups excluding carboxylic acids is 1. The lowest BCUT2D eigenvalue weighted by molar-refractivity contribution is 0.101. The van der Waals surface area contributed by atoms with Gasteiger partial charge in [-0.15, -0.1) is 10.2 Å². The van der Waals surface area contributed by atoms with Crippen LogP contribution < -0.4 is 0 Å². The van der Waals surface area contributed by atoms with Crippen molar-refractivity contribution < 1.29 is 4.79 Å². The van der Waals surface area contributed by atoms with Gasteiger partial charge in [0, 0.05) is 5.56 Å². The van der Waals surface area contributed by atoms with Crippen molar-refractivity contribution in [2.45, 2.75) is 20.4 Å². The summed E-state index contributed by atoms with van der Waals surface area (Å²) in [5, 5.41) is 11.8. The van der Waals surface area contributed by atoms with Gasteiger partial charge in [-0.1, -0.05) is 18.2 Å². The topological polar surface area (TPSA) is 60.7 Å². The Morgan fingerprint density at radius 3 is 2.88 bits per heavy atom. The molecular weight excluding hydrogens is 204 g/mol. The normalized spacial score (nSPS) is 10.4. The van der Waals surface area contributed by atoms with Crippen molar-refractivity contribution in [3.8, 4) is 0 Å². The third-order valence-corrected chi connectivity index (χ3v) is 2.21. The predicted molar refractivity (Wildman–Crippen MR) is 58.1 cm³/mol. The average Bonchev–Trinajstić information content (AvgIpc) is 2.64. The zero-order valence-electron chi connectivity index (χ0n) is 9.21. The minimum absolute atomic E-state index is 0.0598. The van der Waals surface area contributed by atoms with E-state index in [1.165, 1.54) is 4.80 Å². The molecule has 0 unspecified atom stereocenters. The number of tetrazole rings is 1. The minimum Gasteiger partial charge on any atom is -0.295 e. The Balaban J connectivity index is 2.21. The van der Waals surface area contributed by atoms with Gasteiger partial charge in [-0.3, -0.25) is 4.79 Å². The Morgan fingerprint density at radius 2 is 2.25 bits per heavy atom. The van der Waals surface area contributed by atoms with E-state index in [1.807, 2.05) is 18.2 Å².